The van der Waals surface area contributed by atoms with Crippen molar-refractivity contribution in [3.63, 3.8) is 0 Å². The van der Waals surface area contributed by atoms with Crippen molar-refractivity contribution < 1.29 is 13.2 Å². The highest BCUT2D eigenvalue weighted by molar-refractivity contribution is 7.89. The SMILES string of the molecule is C[C@H](NC(=O)C1CCN(S(=O)(=O)c2ccn(C)c2)CC1)[C@H]1C[C@H]2CC[C@H]1C2. The van der Waals surface area contributed by atoms with Crippen molar-refractivity contribution in [2.24, 2.45) is 30.7 Å². The second-order valence-electron chi connectivity index (χ2n) is 8.83. The highest BCUT2D eigenvalue weighted by Gasteiger charge is 2.42. The van der Waals surface area contributed by atoms with Gasteiger partial charge in [0.1, 0.15) is 0 Å². The van der Waals surface area contributed by atoms with Crippen molar-refractivity contribution in [3.8, 4) is 0 Å². The molecule has 2 aliphatic carbocycles. The molecule has 3 fully saturated rings. The maximum Gasteiger partial charge on any atom is 0.244 e. The molecule has 150 valence electrons. The molecule has 1 aliphatic heterocycles. The van der Waals surface area contributed by atoms with Crippen molar-refractivity contribution in [3.05, 3.63) is 18.5 Å². The summed E-state index contributed by atoms with van der Waals surface area (Å²) >= 11 is 0. The standard InChI is InChI=1S/C20H31N3O3S/c1-14(19-12-15-3-4-17(19)11-15)21-20(24)16-5-9-23(10-6-16)27(25,26)18-7-8-22(2)13-18/h7-8,13-17,19H,3-6,9-12H2,1-2H3,(H,21,24)/t14-,15-,17-,19+/m0/s1. The molecule has 0 spiro atoms. The Balaban J connectivity index is 1.30. The van der Waals surface area contributed by atoms with E-state index >= 15 is 0 Å². The predicted molar refractivity (Wildman–Crippen MR) is 103 cm³/mol. The fourth-order valence-electron chi connectivity index (χ4n) is 5.49. The van der Waals surface area contributed by atoms with Gasteiger partial charge in [-0.05, 0) is 62.8 Å². The third-order valence-corrected chi connectivity index (χ3v) is 8.95. The topological polar surface area (TPSA) is 71.4 Å². The summed E-state index contributed by atoms with van der Waals surface area (Å²) in [5.74, 6) is 2.34. The van der Waals surface area contributed by atoms with Gasteiger partial charge in [0.25, 0.3) is 0 Å². The Labute approximate surface area is 162 Å². The average molecular weight is 394 g/mol. The van der Waals surface area contributed by atoms with E-state index in [-0.39, 0.29) is 17.9 Å². The van der Waals surface area contributed by atoms with E-state index in [0.29, 0.717) is 36.7 Å². The smallest absolute Gasteiger partial charge is 0.244 e. The van der Waals surface area contributed by atoms with E-state index in [1.54, 1.807) is 23.0 Å². The number of nitrogens with zero attached hydrogens (tertiary/aromatic N) is 2. The Morgan fingerprint density at radius 3 is 2.48 bits per heavy atom. The molecule has 1 saturated heterocycles. The third kappa shape index (κ3) is 3.68. The molecule has 1 aromatic heterocycles. The summed E-state index contributed by atoms with van der Waals surface area (Å²) in [7, 11) is -1.64. The van der Waals surface area contributed by atoms with Crippen LogP contribution in [-0.4, -0.2) is 42.3 Å². The lowest BCUT2D eigenvalue weighted by Gasteiger charge is -2.33. The predicted octanol–water partition coefficient (Wildman–Crippen LogP) is 2.37. The quantitative estimate of drug-likeness (QED) is 0.835. The summed E-state index contributed by atoms with van der Waals surface area (Å²) in [5, 5.41) is 3.25. The molecule has 2 bridgehead atoms. The number of hydrogen-bond acceptors (Lipinski definition) is 3. The Kier molecular flexibility index (Phi) is 5.10. The van der Waals surface area contributed by atoms with Crippen LogP contribution in [0.1, 0.15) is 45.4 Å². The zero-order valence-electron chi connectivity index (χ0n) is 16.3. The summed E-state index contributed by atoms with van der Waals surface area (Å²) in [4.78, 5) is 13.1. The highest BCUT2D eigenvalue weighted by Crippen LogP contribution is 2.49. The molecular formula is C20H31N3O3S. The number of aromatic nitrogens is 1. The second-order valence-corrected chi connectivity index (χ2v) is 10.8. The van der Waals surface area contributed by atoms with Gasteiger partial charge in [-0.15, -0.1) is 0 Å². The molecule has 0 radical (unpaired) electrons. The Bertz CT molecular complexity index is 795. The van der Waals surface area contributed by atoms with E-state index in [4.69, 9.17) is 0 Å². The van der Waals surface area contributed by atoms with Gasteiger partial charge in [-0.2, -0.15) is 4.31 Å². The minimum atomic E-state index is -3.45. The van der Waals surface area contributed by atoms with Gasteiger partial charge in [-0.3, -0.25) is 4.79 Å². The number of hydrogen-bond donors (Lipinski definition) is 1. The normalized spacial score (nSPS) is 30.5. The summed E-state index contributed by atoms with van der Waals surface area (Å²) in [6.45, 7) is 2.98. The van der Waals surface area contributed by atoms with E-state index in [1.807, 2.05) is 7.05 Å². The van der Waals surface area contributed by atoms with Crippen molar-refractivity contribution in [1.29, 1.82) is 0 Å². The van der Waals surface area contributed by atoms with E-state index < -0.39 is 10.0 Å². The number of carbonyl (C=O) groups excluding carboxylic acids is 1. The van der Waals surface area contributed by atoms with Crippen molar-refractivity contribution >= 4 is 15.9 Å². The van der Waals surface area contributed by atoms with E-state index in [2.05, 4.69) is 12.2 Å². The Morgan fingerprint density at radius 1 is 1.19 bits per heavy atom. The lowest BCUT2D eigenvalue weighted by Crippen LogP contribution is -2.47. The monoisotopic (exact) mass is 393 g/mol. The number of aryl methyl sites for hydroxylation is 1. The molecule has 2 heterocycles. The summed E-state index contributed by atoms with van der Waals surface area (Å²) in [6, 6.07) is 1.87. The second kappa shape index (κ2) is 7.24. The van der Waals surface area contributed by atoms with Crippen LogP contribution in [0.3, 0.4) is 0 Å². The van der Waals surface area contributed by atoms with Crippen molar-refractivity contribution in [2.45, 2.75) is 56.4 Å². The maximum atomic E-state index is 12.7. The molecule has 27 heavy (non-hydrogen) atoms. The summed E-state index contributed by atoms with van der Waals surface area (Å²) < 4.78 is 28.7. The maximum absolute atomic E-state index is 12.7. The third-order valence-electron chi connectivity index (χ3n) is 7.07. The number of fused-ring (bicyclic) bond motifs is 2. The number of amides is 1. The van der Waals surface area contributed by atoms with Crippen LogP contribution in [0, 0.1) is 23.7 Å². The molecule has 2 saturated carbocycles. The van der Waals surface area contributed by atoms with Gasteiger partial charge in [-0.1, -0.05) is 6.42 Å². The van der Waals surface area contributed by atoms with E-state index in [9.17, 15) is 13.2 Å². The first-order valence-corrected chi connectivity index (χ1v) is 11.7. The zero-order chi connectivity index (χ0) is 19.2. The first kappa shape index (κ1) is 19.0. The molecule has 4 atom stereocenters. The lowest BCUT2D eigenvalue weighted by atomic mass is 9.83. The Morgan fingerprint density at radius 2 is 1.93 bits per heavy atom. The molecule has 0 aromatic carbocycles. The van der Waals surface area contributed by atoms with Crippen LogP contribution in [0.4, 0.5) is 0 Å². The summed E-state index contributed by atoms with van der Waals surface area (Å²) in [5.41, 5.74) is 0. The zero-order valence-corrected chi connectivity index (χ0v) is 17.1. The van der Waals surface area contributed by atoms with Gasteiger partial charge in [0.05, 0.1) is 4.90 Å². The molecular weight excluding hydrogens is 362 g/mol. The largest absolute Gasteiger partial charge is 0.356 e. The number of sulfonamides is 1. The number of carbonyl (C=O) groups is 1. The fraction of sp³-hybridized carbons (Fsp3) is 0.750. The van der Waals surface area contributed by atoms with Gasteiger partial charge >= 0.3 is 0 Å². The van der Waals surface area contributed by atoms with Crippen LogP contribution in [0.25, 0.3) is 0 Å². The van der Waals surface area contributed by atoms with Crippen LogP contribution < -0.4 is 5.32 Å². The number of rotatable bonds is 5. The molecule has 3 aliphatic rings. The van der Waals surface area contributed by atoms with Gasteiger partial charge in [0.2, 0.25) is 15.9 Å². The van der Waals surface area contributed by atoms with Crippen LogP contribution in [-0.2, 0) is 21.9 Å². The first-order chi connectivity index (χ1) is 12.8. The molecule has 4 rings (SSSR count). The van der Waals surface area contributed by atoms with Crippen molar-refractivity contribution in [2.75, 3.05) is 13.1 Å². The molecule has 1 aromatic rings. The number of piperidine rings is 1. The van der Waals surface area contributed by atoms with Crippen LogP contribution in [0.15, 0.2) is 23.4 Å². The average Bonchev–Trinajstić information content (AvgIpc) is 3.38. The molecule has 1 amide bonds. The Hall–Kier alpha value is -1.34. The molecule has 1 N–H and O–H groups in total. The van der Waals surface area contributed by atoms with Crippen LogP contribution >= 0.6 is 0 Å². The van der Waals surface area contributed by atoms with Crippen molar-refractivity contribution in [1.82, 2.24) is 14.2 Å². The van der Waals surface area contributed by atoms with Gasteiger partial charge in [0, 0.05) is 44.5 Å². The summed E-state index contributed by atoms with van der Waals surface area (Å²) in [6.07, 6.45) is 9.87. The van der Waals surface area contributed by atoms with E-state index in [1.165, 1.54) is 30.0 Å². The molecule has 6 nitrogen and oxygen atoms in total. The van der Waals surface area contributed by atoms with Gasteiger partial charge < -0.3 is 9.88 Å². The molecule has 0 unspecified atom stereocenters. The first-order valence-electron chi connectivity index (χ1n) is 10.3. The van der Waals surface area contributed by atoms with Gasteiger partial charge in [0.15, 0.2) is 0 Å². The molecule has 7 heteroatoms. The number of nitrogens with one attached hydrogen (secondary N) is 1. The lowest BCUT2D eigenvalue weighted by molar-refractivity contribution is -0.127. The van der Waals surface area contributed by atoms with Crippen LogP contribution in [0.5, 0.6) is 0 Å². The highest BCUT2D eigenvalue weighted by atomic mass is 32.2. The van der Waals surface area contributed by atoms with Crippen LogP contribution in [0.2, 0.25) is 0 Å². The van der Waals surface area contributed by atoms with Gasteiger partial charge in [-0.25, -0.2) is 8.42 Å². The fourth-order valence-corrected chi connectivity index (χ4v) is 7.02. The van der Waals surface area contributed by atoms with E-state index in [0.717, 1.165) is 11.8 Å². The minimum Gasteiger partial charge on any atom is -0.356 e. The minimum absolute atomic E-state index is 0.0757.